The van der Waals surface area contributed by atoms with E-state index in [0.717, 1.165) is 25.7 Å². The van der Waals surface area contributed by atoms with Gasteiger partial charge in [0, 0.05) is 0 Å². The van der Waals surface area contributed by atoms with Crippen molar-refractivity contribution in [2.24, 2.45) is 0 Å². The minimum Gasteiger partial charge on any atom is -0.370 e. The standard InChI is InChI=1S/C14H18Cl2N2O2/c15-11-12(16)17-9-18(13(11)19)8-10-4-7-14(20-10)5-2-1-3-6-14/h9-10H,1-8H2. The van der Waals surface area contributed by atoms with Crippen LogP contribution < -0.4 is 5.56 Å². The highest BCUT2D eigenvalue weighted by molar-refractivity contribution is 6.40. The third-order valence-corrected chi connectivity index (χ3v) is 5.17. The Morgan fingerprint density at radius 3 is 2.80 bits per heavy atom. The van der Waals surface area contributed by atoms with E-state index in [-0.39, 0.29) is 27.4 Å². The fourth-order valence-electron chi connectivity index (χ4n) is 3.38. The summed E-state index contributed by atoms with van der Waals surface area (Å²) in [5, 5.41) is 0.0450. The summed E-state index contributed by atoms with van der Waals surface area (Å²) in [6.45, 7) is 0.504. The third kappa shape index (κ3) is 2.74. The number of ether oxygens (including phenoxy) is 1. The summed E-state index contributed by atoms with van der Waals surface area (Å²) < 4.78 is 7.76. The predicted octanol–water partition coefficient (Wildman–Crippen LogP) is 3.43. The summed E-state index contributed by atoms with van der Waals surface area (Å²) in [6, 6.07) is 0. The molecule has 1 unspecified atom stereocenters. The largest absolute Gasteiger partial charge is 0.370 e. The summed E-state index contributed by atoms with van der Waals surface area (Å²) in [5.74, 6) is 0. The molecule has 1 aromatic rings. The van der Waals surface area contributed by atoms with Crippen LogP contribution in [0.4, 0.5) is 0 Å². The van der Waals surface area contributed by atoms with Gasteiger partial charge in [-0.15, -0.1) is 0 Å². The molecule has 0 aromatic carbocycles. The average Bonchev–Trinajstić information content (AvgIpc) is 2.83. The van der Waals surface area contributed by atoms with Crippen molar-refractivity contribution in [2.75, 3.05) is 0 Å². The molecule has 2 aliphatic rings. The SMILES string of the molecule is O=c1c(Cl)c(Cl)ncn1CC1CCC2(CCCCC2)O1. The topological polar surface area (TPSA) is 44.1 Å². The molecule has 0 bridgehead atoms. The van der Waals surface area contributed by atoms with E-state index in [1.54, 1.807) is 0 Å². The van der Waals surface area contributed by atoms with Crippen LogP contribution in [0.1, 0.15) is 44.9 Å². The fourth-order valence-corrected chi connectivity index (χ4v) is 3.66. The minimum absolute atomic E-state index is 0.0143. The Morgan fingerprint density at radius 1 is 1.30 bits per heavy atom. The lowest BCUT2D eigenvalue weighted by molar-refractivity contribution is -0.0682. The highest BCUT2D eigenvalue weighted by Crippen LogP contribution is 2.42. The molecule has 0 amide bonds. The lowest BCUT2D eigenvalue weighted by atomic mass is 9.83. The van der Waals surface area contributed by atoms with Gasteiger partial charge in [-0.05, 0) is 25.7 Å². The maximum Gasteiger partial charge on any atom is 0.273 e. The van der Waals surface area contributed by atoms with E-state index in [9.17, 15) is 4.79 Å². The van der Waals surface area contributed by atoms with Crippen LogP contribution in [0.5, 0.6) is 0 Å². The molecule has 0 N–H and O–H groups in total. The summed E-state index contributed by atoms with van der Waals surface area (Å²) in [6.07, 6.45) is 9.73. The Kier molecular flexibility index (Phi) is 4.07. The quantitative estimate of drug-likeness (QED) is 0.785. The number of aromatic nitrogens is 2. The lowest BCUT2D eigenvalue weighted by Crippen LogP contribution is -2.34. The molecule has 1 aliphatic heterocycles. The molecule has 1 saturated heterocycles. The first kappa shape index (κ1) is 14.4. The first-order chi connectivity index (χ1) is 9.60. The predicted molar refractivity (Wildman–Crippen MR) is 78.4 cm³/mol. The highest BCUT2D eigenvalue weighted by atomic mass is 35.5. The summed E-state index contributed by atoms with van der Waals surface area (Å²) >= 11 is 11.6. The first-order valence-corrected chi connectivity index (χ1v) is 7.93. The Bertz CT molecular complexity index is 553. The maximum absolute atomic E-state index is 12.0. The van der Waals surface area contributed by atoms with Crippen LogP contribution in [-0.4, -0.2) is 21.3 Å². The van der Waals surface area contributed by atoms with Gasteiger partial charge in [0.1, 0.15) is 5.02 Å². The van der Waals surface area contributed by atoms with Crippen LogP contribution >= 0.6 is 23.2 Å². The molecule has 2 fully saturated rings. The maximum atomic E-state index is 12.0. The molecule has 1 saturated carbocycles. The number of nitrogens with zero attached hydrogens (tertiary/aromatic N) is 2. The Balaban J connectivity index is 1.71. The molecule has 6 heteroatoms. The Morgan fingerprint density at radius 2 is 2.05 bits per heavy atom. The van der Waals surface area contributed by atoms with E-state index in [0.29, 0.717) is 6.54 Å². The van der Waals surface area contributed by atoms with Gasteiger partial charge in [-0.25, -0.2) is 4.98 Å². The van der Waals surface area contributed by atoms with E-state index in [1.165, 1.54) is 30.2 Å². The number of halogens is 2. The van der Waals surface area contributed by atoms with Gasteiger partial charge in [0.05, 0.1) is 24.6 Å². The van der Waals surface area contributed by atoms with Gasteiger partial charge in [0.2, 0.25) is 0 Å². The Labute approximate surface area is 128 Å². The van der Waals surface area contributed by atoms with Crippen LogP contribution in [0, 0.1) is 0 Å². The zero-order valence-electron chi connectivity index (χ0n) is 11.3. The number of rotatable bonds is 2. The molecule has 20 heavy (non-hydrogen) atoms. The van der Waals surface area contributed by atoms with E-state index < -0.39 is 0 Å². The fraction of sp³-hybridized carbons (Fsp3) is 0.714. The van der Waals surface area contributed by atoms with E-state index in [1.807, 2.05) is 0 Å². The molecule has 1 spiro atoms. The average molecular weight is 317 g/mol. The monoisotopic (exact) mass is 316 g/mol. The zero-order valence-corrected chi connectivity index (χ0v) is 12.8. The van der Waals surface area contributed by atoms with Crippen molar-refractivity contribution in [2.45, 2.75) is 63.2 Å². The van der Waals surface area contributed by atoms with E-state index >= 15 is 0 Å². The van der Waals surface area contributed by atoms with E-state index in [2.05, 4.69) is 4.98 Å². The second-order valence-electron chi connectivity index (χ2n) is 5.83. The molecule has 4 nitrogen and oxygen atoms in total. The van der Waals surface area contributed by atoms with Crippen LogP contribution in [-0.2, 0) is 11.3 Å². The van der Waals surface area contributed by atoms with Crippen LogP contribution in [0.15, 0.2) is 11.1 Å². The number of hydrogen-bond acceptors (Lipinski definition) is 3. The van der Waals surface area contributed by atoms with Gasteiger partial charge in [-0.1, -0.05) is 42.5 Å². The van der Waals surface area contributed by atoms with Gasteiger partial charge < -0.3 is 4.74 Å². The van der Waals surface area contributed by atoms with Gasteiger partial charge >= 0.3 is 0 Å². The van der Waals surface area contributed by atoms with Crippen molar-refractivity contribution in [1.29, 1.82) is 0 Å². The van der Waals surface area contributed by atoms with Crippen molar-refractivity contribution in [3.8, 4) is 0 Å². The van der Waals surface area contributed by atoms with Crippen molar-refractivity contribution < 1.29 is 4.74 Å². The summed E-state index contributed by atoms with van der Waals surface area (Å²) in [5.41, 5.74) is -0.226. The van der Waals surface area contributed by atoms with Crippen molar-refractivity contribution >= 4 is 23.2 Å². The highest BCUT2D eigenvalue weighted by Gasteiger charge is 2.40. The molecule has 2 heterocycles. The first-order valence-electron chi connectivity index (χ1n) is 7.18. The molecular weight excluding hydrogens is 299 g/mol. The zero-order chi connectivity index (χ0) is 14.2. The van der Waals surface area contributed by atoms with Gasteiger partial charge in [-0.3, -0.25) is 9.36 Å². The molecule has 1 atom stereocenters. The van der Waals surface area contributed by atoms with E-state index in [4.69, 9.17) is 27.9 Å². The molecular formula is C14H18Cl2N2O2. The lowest BCUT2D eigenvalue weighted by Gasteiger charge is -2.33. The molecule has 3 rings (SSSR count). The molecule has 1 aromatic heterocycles. The van der Waals surface area contributed by atoms with Crippen molar-refractivity contribution in [3.05, 3.63) is 26.9 Å². The summed E-state index contributed by atoms with van der Waals surface area (Å²) in [4.78, 5) is 15.9. The Hall–Kier alpha value is -0.580. The normalized spacial score (nSPS) is 25.2. The molecule has 1 aliphatic carbocycles. The second-order valence-corrected chi connectivity index (χ2v) is 6.57. The van der Waals surface area contributed by atoms with Crippen molar-refractivity contribution in [3.63, 3.8) is 0 Å². The second kappa shape index (κ2) is 5.66. The minimum atomic E-state index is -0.292. The molecule has 110 valence electrons. The molecule has 0 radical (unpaired) electrons. The van der Waals surface area contributed by atoms with Gasteiger partial charge in [0.25, 0.3) is 5.56 Å². The van der Waals surface area contributed by atoms with Crippen LogP contribution in [0.25, 0.3) is 0 Å². The van der Waals surface area contributed by atoms with Crippen LogP contribution in [0.3, 0.4) is 0 Å². The number of hydrogen-bond donors (Lipinski definition) is 0. The third-order valence-electron chi connectivity index (χ3n) is 4.44. The van der Waals surface area contributed by atoms with Crippen molar-refractivity contribution in [1.82, 2.24) is 9.55 Å². The smallest absolute Gasteiger partial charge is 0.273 e. The summed E-state index contributed by atoms with van der Waals surface area (Å²) in [7, 11) is 0. The van der Waals surface area contributed by atoms with Gasteiger partial charge in [0.15, 0.2) is 5.15 Å². The van der Waals surface area contributed by atoms with Gasteiger partial charge in [-0.2, -0.15) is 0 Å². The van der Waals surface area contributed by atoms with Crippen LogP contribution in [0.2, 0.25) is 10.2 Å².